The van der Waals surface area contributed by atoms with E-state index in [-0.39, 0.29) is 5.91 Å². The molecule has 14 heavy (non-hydrogen) atoms. The topological polar surface area (TPSA) is 40.5 Å². The lowest BCUT2D eigenvalue weighted by molar-refractivity contribution is -0.136. The first-order valence-electron chi connectivity index (χ1n) is 4.93. The van der Waals surface area contributed by atoms with Crippen LogP contribution < -0.4 is 0 Å². The molecular formula is C10H18BrNO2. The maximum atomic E-state index is 11.8. The van der Waals surface area contributed by atoms with Gasteiger partial charge in [0.1, 0.15) is 0 Å². The van der Waals surface area contributed by atoms with Gasteiger partial charge in [-0.3, -0.25) is 4.79 Å². The third kappa shape index (κ3) is 2.95. The van der Waals surface area contributed by atoms with Crippen molar-refractivity contribution in [3.63, 3.8) is 0 Å². The van der Waals surface area contributed by atoms with Gasteiger partial charge in [-0.15, -0.1) is 0 Å². The molecule has 4 heteroatoms. The Balaban J connectivity index is 2.55. The maximum absolute atomic E-state index is 11.8. The second kappa shape index (κ2) is 3.81. The van der Waals surface area contributed by atoms with E-state index in [0.29, 0.717) is 25.9 Å². The molecule has 1 amide bonds. The van der Waals surface area contributed by atoms with Crippen LogP contribution in [0.1, 0.15) is 33.6 Å². The summed E-state index contributed by atoms with van der Waals surface area (Å²) in [4.78, 5) is 13.6. The number of hydrogen-bond donors (Lipinski definition) is 1. The maximum Gasteiger partial charge on any atom is 0.238 e. The molecule has 0 aliphatic carbocycles. The van der Waals surface area contributed by atoms with Gasteiger partial charge in [-0.25, -0.2) is 0 Å². The Labute approximate surface area is 93.6 Å². The predicted molar refractivity (Wildman–Crippen MR) is 59.4 cm³/mol. The molecule has 0 aromatic rings. The van der Waals surface area contributed by atoms with E-state index in [1.54, 1.807) is 0 Å². The number of nitrogens with zero attached hydrogens (tertiary/aromatic N) is 1. The number of amides is 1. The summed E-state index contributed by atoms with van der Waals surface area (Å²) >= 11 is 3.35. The summed E-state index contributed by atoms with van der Waals surface area (Å²) in [6.07, 6.45) is 1.34. The van der Waals surface area contributed by atoms with Crippen molar-refractivity contribution in [3.8, 4) is 0 Å². The highest BCUT2D eigenvalue weighted by Gasteiger charge is 2.34. The Hall–Kier alpha value is -0.0900. The summed E-state index contributed by atoms with van der Waals surface area (Å²) in [7, 11) is 0. The second-order valence-electron chi connectivity index (χ2n) is 4.76. The lowest BCUT2D eigenvalue weighted by Crippen LogP contribution is -2.49. The number of likely N-dealkylation sites (tertiary alicyclic amines) is 1. The lowest BCUT2D eigenvalue weighted by atomic mass is 9.93. The van der Waals surface area contributed by atoms with Gasteiger partial charge in [0.2, 0.25) is 5.91 Å². The molecule has 0 bridgehead atoms. The monoisotopic (exact) mass is 263 g/mol. The molecule has 1 saturated heterocycles. The molecule has 0 unspecified atom stereocenters. The van der Waals surface area contributed by atoms with Crippen molar-refractivity contribution in [1.29, 1.82) is 0 Å². The molecule has 0 atom stereocenters. The number of carbonyl (C=O) groups is 1. The number of halogens is 1. The van der Waals surface area contributed by atoms with Gasteiger partial charge in [-0.1, -0.05) is 15.9 Å². The third-order valence-corrected chi connectivity index (χ3v) is 2.98. The van der Waals surface area contributed by atoms with Crippen molar-refractivity contribution in [2.24, 2.45) is 0 Å². The fraction of sp³-hybridized carbons (Fsp3) is 0.900. The van der Waals surface area contributed by atoms with E-state index in [2.05, 4.69) is 15.9 Å². The highest BCUT2D eigenvalue weighted by Crippen LogP contribution is 2.25. The number of rotatable bonds is 1. The van der Waals surface area contributed by atoms with Crippen LogP contribution in [0.5, 0.6) is 0 Å². The minimum absolute atomic E-state index is 0.105. The fourth-order valence-corrected chi connectivity index (χ4v) is 1.82. The molecule has 1 rings (SSSR count). The number of piperidine rings is 1. The smallest absolute Gasteiger partial charge is 0.238 e. The lowest BCUT2D eigenvalue weighted by Gasteiger charge is -2.38. The van der Waals surface area contributed by atoms with E-state index in [1.165, 1.54) is 0 Å². The van der Waals surface area contributed by atoms with Crippen LogP contribution in [-0.2, 0) is 4.79 Å². The molecule has 1 heterocycles. The number of carbonyl (C=O) groups excluding carboxylic acids is 1. The van der Waals surface area contributed by atoms with Gasteiger partial charge in [0.25, 0.3) is 0 Å². The highest BCUT2D eigenvalue weighted by atomic mass is 79.9. The van der Waals surface area contributed by atoms with E-state index < -0.39 is 9.93 Å². The second-order valence-corrected chi connectivity index (χ2v) is 6.74. The first-order chi connectivity index (χ1) is 6.22. The Morgan fingerprint density at radius 1 is 1.43 bits per heavy atom. The molecular weight excluding hydrogens is 246 g/mol. The SMILES string of the molecule is CC1(O)CCN(C(=O)C(C)(C)Br)CC1. The van der Waals surface area contributed by atoms with Crippen molar-refractivity contribution >= 4 is 21.8 Å². The van der Waals surface area contributed by atoms with Crippen LogP contribution in [0.2, 0.25) is 0 Å². The minimum atomic E-state index is -0.590. The van der Waals surface area contributed by atoms with Crippen LogP contribution in [0.4, 0.5) is 0 Å². The van der Waals surface area contributed by atoms with Crippen LogP contribution in [0.25, 0.3) is 0 Å². The van der Waals surface area contributed by atoms with Crippen LogP contribution in [0.15, 0.2) is 0 Å². The first-order valence-corrected chi connectivity index (χ1v) is 5.72. The zero-order valence-corrected chi connectivity index (χ0v) is 10.6. The Morgan fingerprint density at radius 3 is 2.21 bits per heavy atom. The van der Waals surface area contributed by atoms with Crippen molar-refractivity contribution in [3.05, 3.63) is 0 Å². The largest absolute Gasteiger partial charge is 0.390 e. The highest BCUT2D eigenvalue weighted by molar-refractivity contribution is 9.10. The molecule has 82 valence electrons. The summed E-state index contributed by atoms with van der Waals surface area (Å²) < 4.78 is -0.490. The van der Waals surface area contributed by atoms with E-state index >= 15 is 0 Å². The van der Waals surface area contributed by atoms with Crippen LogP contribution in [0.3, 0.4) is 0 Å². The molecule has 0 aromatic carbocycles. The van der Waals surface area contributed by atoms with E-state index in [9.17, 15) is 9.90 Å². The molecule has 1 N–H and O–H groups in total. The molecule has 1 aliphatic heterocycles. The van der Waals surface area contributed by atoms with Gasteiger partial charge in [0.15, 0.2) is 0 Å². The summed E-state index contributed by atoms with van der Waals surface area (Å²) in [5.41, 5.74) is -0.590. The Bertz CT molecular complexity index is 223. The predicted octanol–water partition coefficient (Wildman–Crippen LogP) is 1.53. The van der Waals surface area contributed by atoms with Gasteiger partial charge in [0.05, 0.1) is 9.93 Å². The van der Waals surface area contributed by atoms with Gasteiger partial charge in [-0.2, -0.15) is 0 Å². The number of alkyl halides is 1. The quantitative estimate of drug-likeness (QED) is 0.730. The number of aliphatic hydroxyl groups is 1. The molecule has 0 saturated carbocycles. The van der Waals surface area contributed by atoms with Crippen LogP contribution in [0, 0.1) is 0 Å². The zero-order valence-electron chi connectivity index (χ0n) is 9.01. The van der Waals surface area contributed by atoms with E-state index in [0.717, 1.165) is 0 Å². The molecule has 3 nitrogen and oxygen atoms in total. The van der Waals surface area contributed by atoms with Crippen molar-refractivity contribution in [2.75, 3.05) is 13.1 Å². The summed E-state index contributed by atoms with van der Waals surface area (Å²) in [5, 5.41) is 9.73. The van der Waals surface area contributed by atoms with Gasteiger partial charge >= 0.3 is 0 Å². The van der Waals surface area contributed by atoms with Crippen molar-refractivity contribution in [2.45, 2.75) is 43.5 Å². The molecule has 0 radical (unpaired) electrons. The van der Waals surface area contributed by atoms with Gasteiger partial charge in [0, 0.05) is 13.1 Å². The molecule has 1 aliphatic rings. The number of hydrogen-bond acceptors (Lipinski definition) is 2. The summed E-state index contributed by atoms with van der Waals surface area (Å²) in [6, 6.07) is 0. The van der Waals surface area contributed by atoms with Crippen LogP contribution in [-0.4, -0.2) is 38.9 Å². The third-order valence-electron chi connectivity index (χ3n) is 2.64. The average molecular weight is 264 g/mol. The molecule has 0 aromatic heterocycles. The Morgan fingerprint density at radius 2 is 1.86 bits per heavy atom. The van der Waals surface area contributed by atoms with Crippen molar-refractivity contribution < 1.29 is 9.90 Å². The summed E-state index contributed by atoms with van der Waals surface area (Å²) in [6.45, 7) is 6.83. The van der Waals surface area contributed by atoms with Crippen molar-refractivity contribution in [1.82, 2.24) is 4.90 Å². The van der Waals surface area contributed by atoms with E-state index in [1.807, 2.05) is 25.7 Å². The van der Waals surface area contributed by atoms with Gasteiger partial charge < -0.3 is 10.0 Å². The average Bonchev–Trinajstić information content (AvgIpc) is 2.01. The normalized spacial score (nSPS) is 22.2. The van der Waals surface area contributed by atoms with Gasteiger partial charge in [-0.05, 0) is 33.6 Å². The summed E-state index contributed by atoms with van der Waals surface area (Å²) in [5.74, 6) is 0.105. The fourth-order valence-electron chi connectivity index (χ4n) is 1.57. The molecule has 1 fully saturated rings. The minimum Gasteiger partial charge on any atom is -0.390 e. The van der Waals surface area contributed by atoms with Crippen LogP contribution >= 0.6 is 15.9 Å². The standard InChI is InChI=1S/C10H18BrNO2/c1-9(2,11)8(13)12-6-4-10(3,14)5-7-12/h14H,4-7H2,1-3H3. The first kappa shape index (κ1) is 12.0. The zero-order chi connectivity index (χ0) is 11.0. The Kier molecular flexibility index (Phi) is 3.26. The van der Waals surface area contributed by atoms with E-state index in [4.69, 9.17) is 0 Å². The molecule has 0 spiro atoms.